The lowest BCUT2D eigenvalue weighted by molar-refractivity contribution is 0.208. The summed E-state index contributed by atoms with van der Waals surface area (Å²) < 4.78 is 6.56. The fourth-order valence-electron chi connectivity index (χ4n) is 8.46. The molecule has 0 radical (unpaired) electrons. The minimum Gasteiger partial charge on any atom is -0.485 e. The van der Waals surface area contributed by atoms with Crippen molar-refractivity contribution in [2.24, 2.45) is 9.98 Å². The molecule has 216 valence electrons. The molecule has 5 nitrogen and oxygen atoms in total. The first-order chi connectivity index (χ1) is 22.2. The zero-order valence-corrected chi connectivity index (χ0v) is 24.8. The third-order valence-electron chi connectivity index (χ3n) is 10.6. The number of ether oxygens (including phenoxy) is 1. The summed E-state index contributed by atoms with van der Waals surface area (Å²) in [5.74, 6) is 3.59. The van der Waals surface area contributed by atoms with Crippen molar-refractivity contribution < 1.29 is 4.74 Å². The van der Waals surface area contributed by atoms with E-state index in [9.17, 15) is 0 Å². The van der Waals surface area contributed by atoms with E-state index in [1.807, 2.05) is 36.4 Å². The minimum atomic E-state index is -0.368. The van der Waals surface area contributed by atoms with Crippen LogP contribution in [0, 0.1) is 0 Å². The van der Waals surface area contributed by atoms with Gasteiger partial charge in [-0.1, -0.05) is 84.9 Å². The number of benzene rings is 4. The van der Waals surface area contributed by atoms with Crippen LogP contribution in [0.1, 0.15) is 76.0 Å². The quantitative estimate of drug-likeness (QED) is 0.220. The Balaban J connectivity index is 1.16. The summed E-state index contributed by atoms with van der Waals surface area (Å²) in [6.45, 7) is 2.40. The molecule has 1 N–H and O–H groups in total. The summed E-state index contributed by atoms with van der Waals surface area (Å²) in [5, 5.41) is 3.56. The smallest absolute Gasteiger partial charge is 0.169 e. The Kier molecular flexibility index (Phi) is 5.08. The molecule has 5 aliphatic rings. The Morgan fingerprint density at radius 2 is 1.62 bits per heavy atom. The summed E-state index contributed by atoms with van der Waals surface area (Å²) in [5.41, 5.74) is 12.0. The molecule has 10 rings (SSSR count). The van der Waals surface area contributed by atoms with Crippen LogP contribution in [-0.4, -0.2) is 22.8 Å². The van der Waals surface area contributed by atoms with Crippen molar-refractivity contribution in [3.05, 3.63) is 166 Å². The second-order valence-corrected chi connectivity index (χ2v) is 12.8. The van der Waals surface area contributed by atoms with Gasteiger partial charge in [-0.15, -0.1) is 0 Å². The van der Waals surface area contributed by atoms with Gasteiger partial charge in [-0.3, -0.25) is 4.98 Å². The first-order valence-corrected chi connectivity index (χ1v) is 15.8. The maximum atomic E-state index is 6.56. The van der Waals surface area contributed by atoms with Gasteiger partial charge in [0.2, 0.25) is 0 Å². The highest BCUT2D eigenvalue weighted by molar-refractivity contribution is 6.15. The van der Waals surface area contributed by atoms with E-state index in [0.29, 0.717) is 11.8 Å². The predicted octanol–water partition coefficient (Wildman–Crippen LogP) is 7.81. The maximum Gasteiger partial charge on any atom is 0.169 e. The number of hydrogen-bond donors (Lipinski definition) is 1. The summed E-state index contributed by atoms with van der Waals surface area (Å²) in [4.78, 5) is 14.8. The molecule has 4 bridgehead atoms. The molecule has 3 aliphatic carbocycles. The van der Waals surface area contributed by atoms with Crippen LogP contribution >= 0.6 is 0 Å². The van der Waals surface area contributed by atoms with Gasteiger partial charge < -0.3 is 10.1 Å². The number of aliphatic imine (C=N–C) groups is 2. The summed E-state index contributed by atoms with van der Waals surface area (Å²) in [6.07, 6.45) is 7.28. The Morgan fingerprint density at radius 1 is 0.822 bits per heavy atom. The Hall–Kier alpha value is -5.29. The Labute approximate surface area is 262 Å². The lowest BCUT2D eigenvalue weighted by Gasteiger charge is -2.32. The molecule has 0 fully saturated rings. The van der Waals surface area contributed by atoms with Gasteiger partial charge in [0, 0.05) is 34.6 Å². The molecular formula is C40H30N4O. The number of allylic oxidation sites excluding steroid dienone is 1. The second-order valence-electron chi connectivity index (χ2n) is 12.8. The summed E-state index contributed by atoms with van der Waals surface area (Å²) in [7, 11) is 0. The number of amidine groups is 2. The lowest BCUT2D eigenvalue weighted by Crippen LogP contribution is -2.36. The molecule has 0 saturated heterocycles. The van der Waals surface area contributed by atoms with Crippen LogP contribution < -0.4 is 10.1 Å². The second kappa shape index (κ2) is 9.12. The number of hydrogen-bond acceptors (Lipinski definition) is 5. The minimum absolute atomic E-state index is 0.157. The topological polar surface area (TPSA) is 58.9 Å². The number of rotatable bonds is 4. The highest BCUT2D eigenvalue weighted by Gasteiger charge is 2.54. The van der Waals surface area contributed by atoms with Crippen LogP contribution in [-0.2, 0) is 5.41 Å². The lowest BCUT2D eigenvalue weighted by atomic mass is 9.73. The number of nitrogens with zero attached hydrogens (tertiary/aromatic N) is 3. The molecule has 45 heavy (non-hydrogen) atoms. The fraction of sp³-hybridized carbons (Fsp3) is 0.175. The van der Waals surface area contributed by atoms with Gasteiger partial charge in [-0.2, -0.15) is 0 Å². The average Bonchev–Trinajstić information content (AvgIpc) is 3.68. The number of nitrogens with one attached hydrogen (secondary N) is 1. The van der Waals surface area contributed by atoms with Crippen LogP contribution in [0.2, 0.25) is 0 Å². The van der Waals surface area contributed by atoms with Gasteiger partial charge in [0.1, 0.15) is 23.4 Å². The van der Waals surface area contributed by atoms with Crippen molar-refractivity contribution in [1.82, 2.24) is 10.3 Å². The molecule has 0 amide bonds. The van der Waals surface area contributed by atoms with Crippen molar-refractivity contribution in [2.75, 3.05) is 0 Å². The van der Waals surface area contributed by atoms with Gasteiger partial charge in [0.05, 0.1) is 0 Å². The largest absolute Gasteiger partial charge is 0.485 e. The molecule has 0 spiro atoms. The molecule has 0 saturated carbocycles. The van der Waals surface area contributed by atoms with Gasteiger partial charge in [0.15, 0.2) is 12.0 Å². The average molecular weight is 583 g/mol. The third kappa shape index (κ3) is 3.41. The van der Waals surface area contributed by atoms with Crippen molar-refractivity contribution >= 4 is 11.7 Å². The molecule has 3 heterocycles. The normalized spacial score (nSPS) is 26.0. The van der Waals surface area contributed by atoms with Crippen LogP contribution in [0.5, 0.6) is 5.75 Å². The SMILES string of the molecule is CC1(c2ccccc2)c2cc(C3=NC(c4ccccc4)N=C(c4ccccn4)N3)ccc2-c2c1cc1c3c2C2C(C=CC[C@H]12)O3. The highest BCUT2D eigenvalue weighted by Crippen LogP contribution is 2.67. The van der Waals surface area contributed by atoms with Crippen molar-refractivity contribution in [3.63, 3.8) is 0 Å². The van der Waals surface area contributed by atoms with Gasteiger partial charge in [-0.05, 0) is 82.6 Å². The summed E-state index contributed by atoms with van der Waals surface area (Å²) >= 11 is 0. The van der Waals surface area contributed by atoms with Crippen LogP contribution in [0.15, 0.2) is 131 Å². The third-order valence-corrected chi connectivity index (χ3v) is 10.6. The summed E-state index contributed by atoms with van der Waals surface area (Å²) in [6, 6.07) is 36.5. The van der Waals surface area contributed by atoms with E-state index >= 15 is 0 Å². The van der Waals surface area contributed by atoms with Gasteiger partial charge in [-0.25, -0.2) is 9.98 Å². The van der Waals surface area contributed by atoms with Crippen LogP contribution in [0.25, 0.3) is 11.1 Å². The van der Waals surface area contributed by atoms with Crippen molar-refractivity contribution in [1.29, 1.82) is 0 Å². The standard InChI is InChI=1S/C40H30N4O/c1-40(25-13-6-3-7-14-25)29-21-24(38-42-37(23-11-4-2-5-12-23)43-39(44-38)31-16-8-9-20-41-31)18-19-27(29)33-30(40)22-28-26-15-10-17-32-34(26)35(33)36(28)45-32/h2-14,16-22,26,32,34,37H,15H2,1H3,(H,42,43,44)/t26-,32?,34?,37?,40?/m1/s1. The number of fused-ring (bicyclic) bond motifs is 4. The molecule has 5 aromatic rings. The monoisotopic (exact) mass is 582 g/mol. The molecule has 1 aromatic heterocycles. The zero-order chi connectivity index (χ0) is 29.7. The number of pyridine rings is 1. The van der Waals surface area contributed by atoms with Crippen molar-refractivity contribution in [3.8, 4) is 16.9 Å². The first kappa shape index (κ1) is 25.1. The highest BCUT2D eigenvalue weighted by atomic mass is 16.5. The maximum absolute atomic E-state index is 6.56. The molecule has 5 atom stereocenters. The molecule has 5 heteroatoms. The molecule has 2 aliphatic heterocycles. The number of aromatic nitrogens is 1. The fourth-order valence-corrected chi connectivity index (χ4v) is 8.46. The van der Waals surface area contributed by atoms with E-state index in [1.165, 1.54) is 38.9 Å². The molecule has 4 unspecified atom stereocenters. The van der Waals surface area contributed by atoms with Gasteiger partial charge >= 0.3 is 0 Å². The Morgan fingerprint density at radius 3 is 2.44 bits per heavy atom. The first-order valence-electron chi connectivity index (χ1n) is 15.8. The zero-order valence-electron chi connectivity index (χ0n) is 24.8. The van der Waals surface area contributed by atoms with Crippen molar-refractivity contribution in [2.45, 2.75) is 42.9 Å². The van der Waals surface area contributed by atoms with E-state index in [1.54, 1.807) is 6.20 Å². The van der Waals surface area contributed by atoms with E-state index in [0.717, 1.165) is 40.7 Å². The van der Waals surface area contributed by atoms with E-state index in [-0.39, 0.29) is 17.7 Å². The van der Waals surface area contributed by atoms with Crippen LogP contribution in [0.4, 0.5) is 0 Å². The predicted molar refractivity (Wildman–Crippen MR) is 177 cm³/mol. The molecular weight excluding hydrogens is 552 g/mol. The van der Waals surface area contributed by atoms with E-state index in [4.69, 9.17) is 14.7 Å². The van der Waals surface area contributed by atoms with Crippen LogP contribution in [0.3, 0.4) is 0 Å². The van der Waals surface area contributed by atoms with E-state index < -0.39 is 0 Å². The van der Waals surface area contributed by atoms with Gasteiger partial charge in [0.25, 0.3) is 0 Å². The molecule has 4 aromatic carbocycles. The Bertz CT molecular complexity index is 2120. The van der Waals surface area contributed by atoms with E-state index in [2.05, 4.69) is 96.1 Å².